The lowest BCUT2D eigenvalue weighted by molar-refractivity contribution is 0.0734. The summed E-state index contributed by atoms with van der Waals surface area (Å²) in [6, 6.07) is 10.4. The number of rotatable bonds is 2. The lowest BCUT2D eigenvalue weighted by Gasteiger charge is -2.29. The molecule has 4 rings (SSSR count). The van der Waals surface area contributed by atoms with Gasteiger partial charge in [0, 0.05) is 36.1 Å². The molecular weight excluding hydrogens is 318 g/mol. The lowest BCUT2D eigenvalue weighted by atomic mass is 9.99. The van der Waals surface area contributed by atoms with Crippen LogP contribution in [0, 0.1) is 13.8 Å². The van der Waals surface area contributed by atoms with Crippen molar-refractivity contribution in [3.8, 4) is 5.13 Å². The highest BCUT2D eigenvalue weighted by Gasteiger charge is 2.25. The maximum Gasteiger partial charge on any atom is 0.256 e. The largest absolute Gasteiger partial charge is 0.334 e. The molecule has 0 radical (unpaired) electrons. The molecule has 1 aliphatic heterocycles. The first-order valence-electron chi connectivity index (χ1n) is 8.10. The number of aromatic nitrogens is 2. The van der Waals surface area contributed by atoms with E-state index in [4.69, 9.17) is 0 Å². The predicted molar refractivity (Wildman–Crippen MR) is 95.8 cm³/mol. The molecule has 4 nitrogen and oxygen atoms in total. The molecule has 122 valence electrons. The van der Waals surface area contributed by atoms with Crippen molar-refractivity contribution >= 4 is 17.2 Å². The SMILES string of the molecule is Cc1cc(C(=O)N2CCc3ccccc3C2)c(C)n1-c1nccs1. The van der Waals surface area contributed by atoms with E-state index in [9.17, 15) is 4.79 Å². The summed E-state index contributed by atoms with van der Waals surface area (Å²) < 4.78 is 2.07. The third-order valence-electron chi connectivity index (χ3n) is 4.69. The summed E-state index contributed by atoms with van der Waals surface area (Å²) in [5.41, 5.74) is 5.40. The van der Waals surface area contributed by atoms with E-state index >= 15 is 0 Å². The van der Waals surface area contributed by atoms with Gasteiger partial charge in [0.05, 0.1) is 5.56 Å². The van der Waals surface area contributed by atoms with Crippen molar-refractivity contribution in [2.45, 2.75) is 26.8 Å². The van der Waals surface area contributed by atoms with E-state index in [2.05, 4.69) is 27.8 Å². The Morgan fingerprint density at radius 3 is 2.75 bits per heavy atom. The molecule has 0 fully saturated rings. The highest BCUT2D eigenvalue weighted by atomic mass is 32.1. The van der Waals surface area contributed by atoms with E-state index in [1.54, 1.807) is 17.5 Å². The van der Waals surface area contributed by atoms with Crippen molar-refractivity contribution in [2.24, 2.45) is 0 Å². The summed E-state index contributed by atoms with van der Waals surface area (Å²) >= 11 is 1.58. The van der Waals surface area contributed by atoms with Crippen LogP contribution in [0.25, 0.3) is 5.13 Å². The van der Waals surface area contributed by atoms with Gasteiger partial charge in [0.1, 0.15) is 0 Å². The Morgan fingerprint density at radius 2 is 2.00 bits per heavy atom. The van der Waals surface area contributed by atoms with Crippen LogP contribution >= 0.6 is 11.3 Å². The highest BCUT2D eigenvalue weighted by molar-refractivity contribution is 7.12. The topological polar surface area (TPSA) is 38.1 Å². The Labute approximate surface area is 145 Å². The first-order chi connectivity index (χ1) is 11.6. The van der Waals surface area contributed by atoms with Gasteiger partial charge in [-0.1, -0.05) is 24.3 Å². The van der Waals surface area contributed by atoms with Crippen LogP contribution in [0.4, 0.5) is 0 Å². The number of aryl methyl sites for hydroxylation is 1. The minimum Gasteiger partial charge on any atom is -0.334 e. The van der Waals surface area contributed by atoms with E-state index in [1.807, 2.05) is 36.3 Å². The van der Waals surface area contributed by atoms with E-state index in [-0.39, 0.29) is 5.91 Å². The zero-order valence-electron chi connectivity index (χ0n) is 13.8. The number of nitrogens with zero attached hydrogens (tertiary/aromatic N) is 3. The molecule has 0 spiro atoms. The summed E-state index contributed by atoms with van der Waals surface area (Å²) in [4.78, 5) is 19.4. The quantitative estimate of drug-likeness (QED) is 0.714. The third kappa shape index (κ3) is 2.45. The number of carbonyl (C=O) groups is 1. The molecule has 1 amide bonds. The second-order valence-corrected chi connectivity index (χ2v) is 7.05. The number of carbonyl (C=O) groups excluding carboxylic acids is 1. The van der Waals surface area contributed by atoms with E-state index < -0.39 is 0 Å². The average Bonchev–Trinajstić information content (AvgIpc) is 3.21. The van der Waals surface area contributed by atoms with Crippen LogP contribution in [-0.2, 0) is 13.0 Å². The van der Waals surface area contributed by atoms with Crippen LogP contribution in [0.1, 0.15) is 32.9 Å². The number of hydrogen-bond acceptors (Lipinski definition) is 3. The fourth-order valence-corrected chi connectivity index (χ4v) is 4.19. The summed E-state index contributed by atoms with van der Waals surface area (Å²) in [6.45, 7) is 5.49. The molecule has 24 heavy (non-hydrogen) atoms. The second kappa shape index (κ2) is 5.91. The van der Waals surface area contributed by atoms with Gasteiger partial charge < -0.3 is 4.90 Å². The molecule has 5 heteroatoms. The van der Waals surface area contributed by atoms with Crippen molar-refractivity contribution in [2.75, 3.05) is 6.54 Å². The minimum atomic E-state index is 0.111. The number of thiazole rings is 1. The zero-order chi connectivity index (χ0) is 16.7. The number of hydrogen-bond donors (Lipinski definition) is 0. The maximum absolute atomic E-state index is 13.1. The minimum absolute atomic E-state index is 0.111. The van der Waals surface area contributed by atoms with Crippen molar-refractivity contribution < 1.29 is 4.79 Å². The van der Waals surface area contributed by atoms with Crippen molar-refractivity contribution in [3.63, 3.8) is 0 Å². The Bertz CT molecular complexity index is 895. The van der Waals surface area contributed by atoms with Gasteiger partial charge >= 0.3 is 0 Å². The fraction of sp³-hybridized carbons (Fsp3) is 0.263. The molecule has 0 atom stereocenters. The normalized spacial score (nSPS) is 13.8. The van der Waals surface area contributed by atoms with Gasteiger partial charge in [-0.05, 0) is 37.5 Å². The Hall–Kier alpha value is -2.40. The van der Waals surface area contributed by atoms with Crippen molar-refractivity contribution in [1.82, 2.24) is 14.5 Å². The monoisotopic (exact) mass is 337 g/mol. The fourth-order valence-electron chi connectivity index (χ4n) is 3.44. The van der Waals surface area contributed by atoms with Crippen molar-refractivity contribution in [1.29, 1.82) is 0 Å². The van der Waals surface area contributed by atoms with Gasteiger partial charge in [0.25, 0.3) is 5.91 Å². The Balaban J connectivity index is 1.66. The third-order valence-corrected chi connectivity index (χ3v) is 5.45. The van der Waals surface area contributed by atoms with Crippen LogP contribution < -0.4 is 0 Å². The Morgan fingerprint density at radius 1 is 1.21 bits per heavy atom. The van der Waals surface area contributed by atoms with Gasteiger partial charge in [-0.3, -0.25) is 9.36 Å². The summed E-state index contributed by atoms with van der Waals surface area (Å²) in [6.07, 6.45) is 2.72. The van der Waals surface area contributed by atoms with E-state index in [1.165, 1.54) is 11.1 Å². The second-order valence-electron chi connectivity index (χ2n) is 6.18. The van der Waals surface area contributed by atoms with Gasteiger partial charge in [0.2, 0.25) is 0 Å². The van der Waals surface area contributed by atoms with Crippen molar-refractivity contribution in [3.05, 3.63) is 70.0 Å². The van der Waals surface area contributed by atoms with Gasteiger partial charge in [-0.15, -0.1) is 11.3 Å². The predicted octanol–water partition coefficient (Wildman–Crippen LogP) is 3.75. The maximum atomic E-state index is 13.1. The molecule has 3 heterocycles. The van der Waals surface area contributed by atoms with Gasteiger partial charge in [-0.2, -0.15) is 0 Å². The molecule has 0 saturated heterocycles. The molecule has 0 aliphatic carbocycles. The molecule has 3 aromatic rings. The first kappa shape index (κ1) is 15.1. The van der Waals surface area contributed by atoms with Crippen LogP contribution in [0.15, 0.2) is 41.9 Å². The van der Waals surface area contributed by atoms with Gasteiger partial charge in [-0.25, -0.2) is 4.98 Å². The van der Waals surface area contributed by atoms with E-state index in [0.717, 1.165) is 35.0 Å². The van der Waals surface area contributed by atoms with Crippen LogP contribution in [0.3, 0.4) is 0 Å². The molecule has 0 N–H and O–H groups in total. The first-order valence-corrected chi connectivity index (χ1v) is 8.98. The summed E-state index contributed by atoms with van der Waals surface area (Å²) in [5.74, 6) is 0.111. The average molecular weight is 337 g/mol. The van der Waals surface area contributed by atoms with Crippen LogP contribution in [0.5, 0.6) is 0 Å². The molecule has 0 bridgehead atoms. The number of benzene rings is 1. The molecule has 1 aliphatic rings. The smallest absolute Gasteiger partial charge is 0.256 e. The van der Waals surface area contributed by atoms with Crippen LogP contribution in [0.2, 0.25) is 0 Å². The summed E-state index contributed by atoms with van der Waals surface area (Å²) in [7, 11) is 0. The molecule has 0 unspecified atom stereocenters. The highest BCUT2D eigenvalue weighted by Crippen LogP contribution is 2.25. The summed E-state index contributed by atoms with van der Waals surface area (Å²) in [5, 5.41) is 2.87. The number of amides is 1. The van der Waals surface area contributed by atoms with E-state index in [0.29, 0.717) is 6.54 Å². The molecule has 0 saturated carbocycles. The number of fused-ring (bicyclic) bond motifs is 1. The zero-order valence-corrected chi connectivity index (χ0v) is 14.6. The lowest BCUT2D eigenvalue weighted by Crippen LogP contribution is -2.36. The Kier molecular flexibility index (Phi) is 3.73. The molecule has 1 aromatic carbocycles. The molecule has 2 aromatic heterocycles. The molecular formula is C19H19N3OS. The van der Waals surface area contributed by atoms with Crippen LogP contribution in [-0.4, -0.2) is 26.9 Å². The standard InChI is InChI=1S/C19H19N3OS/c1-13-11-17(14(2)22(13)19-20-8-10-24-19)18(23)21-9-7-15-5-3-4-6-16(15)12-21/h3-6,8,10-11H,7,9,12H2,1-2H3. The van der Waals surface area contributed by atoms with Gasteiger partial charge in [0.15, 0.2) is 5.13 Å².